The topological polar surface area (TPSA) is 52.7 Å². The van der Waals surface area contributed by atoms with Gasteiger partial charge in [0.25, 0.3) is 0 Å². The van der Waals surface area contributed by atoms with Gasteiger partial charge in [-0.3, -0.25) is 14.5 Å². The highest BCUT2D eigenvalue weighted by molar-refractivity contribution is 5.95. The Morgan fingerprint density at radius 2 is 1.69 bits per heavy atom. The van der Waals surface area contributed by atoms with Crippen molar-refractivity contribution in [3.05, 3.63) is 65.7 Å². The quantitative estimate of drug-likeness (QED) is 0.813. The molecule has 0 atom stereocenters. The molecule has 1 aliphatic heterocycles. The number of carbonyl (C=O) groups excluding carboxylic acids is 2. The molecule has 0 aliphatic carbocycles. The number of carbonyl (C=O) groups is 2. The van der Waals surface area contributed by atoms with E-state index < -0.39 is 0 Å². The zero-order valence-corrected chi connectivity index (χ0v) is 15.1. The second-order valence-electron chi connectivity index (χ2n) is 6.63. The average molecular weight is 351 g/mol. The first-order chi connectivity index (χ1) is 12.6. The van der Waals surface area contributed by atoms with Crippen LogP contribution in [-0.2, 0) is 11.3 Å². The normalized spacial score (nSPS) is 14.9. The van der Waals surface area contributed by atoms with E-state index in [0.29, 0.717) is 5.56 Å². The number of hydrogen-bond donors (Lipinski definition) is 1. The van der Waals surface area contributed by atoms with Crippen molar-refractivity contribution in [2.45, 2.75) is 13.5 Å². The van der Waals surface area contributed by atoms with E-state index in [4.69, 9.17) is 0 Å². The van der Waals surface area contributed by atoms with Crippen LogP contribution in [0.3, 0.4) is 0 Å². The van der Waals surface area contributed by atoms with E-state index >= 15 is 0 Å². The lowest BCUT2D eigenvalue weighted by Crippen LogP contribution is -2.49. The van der Waals surface area contributed by atoms with Gasteiger partial charge >= 0.3 is 0 Å². The van der Waals surface area contributed by atoms with Crippen molar-refractivity contribution in [3.63, 3.8) is 0 Å². The summed E-state index contributed by atoms with van der Waals surface area (Å²) < 4.78 is 0. The predicted molar refractivity (Wildman–Crippen MR) is 103 cm³/mol. The number of Topliss-reactive ketones (excluding diaryl/α,β-unsaturated/α-hetero) is 1. The number of piperazine rings is 1. The molecule has 0 aromatic heterocycles. The van der Waals surface area contributed by atoms with E-state index in [1.54, 1.807) is 19.1 Å². The molecule has 3 rings (SSSR count). The first-order valence-electron chi connectivity index (χ1n) is 9.01. The largest absolute Gasteiger partial charge is 0.376 e. The number of ketones is 1. The molecule has 136 valence electrons. The van der Waals surface area contributed by atoms with Gasteiger partial charge in [0.2, 0.25) is 5.91 Å². The van der Waals surface area contributed by atoms with E-state index in [2.05, 4.69) is 34.5 Å². The number of anilines is 1. The third kappa shape index (κ3) is 4.92. The molecule has 2 aromatic carbocycles. The summed E-state index contributed by atoms with van der Waals surface area (Å²) in [5.74, 6) is 0.118. The third-order valence-electron chi connectivity index (χ3n) is 4.69. The van der Waals surface area contributed by atoms with Crippen LogP contribution in [0.1, 0.15) is 22.8 Å². The molecule has 5 heteroatoms. The van der Waals surface area contributed by atoms with Crippen LogP contribution in [-0.4, -0.2) is 54.2 Å². The highest BCUT2D eigenvalue weighted by Crippen LogP contribution is 2.12. The van der Waals surface area contributed by atoms with Crippen molar-refractivity contribution in [1.82, 2.24) is 9.80 Å². The van der Waals surface area contributed by atoms with Crippen molar-refractivity contribution in [1.29, 1.82) is 0 Å². The van der Waals surface area contributed by atoms with Crippen LogP contribution >= 0.6 is 0 Å². The number of nitrogens with zero attached hydrogens (tertiary/aromatic N) is 2. The van der Waals surface area contributed by atoms with Gasteiger partial charge in [0.1, 0.15) is 0 Å². The molecule has 1 amide bonds. The van der Waals surface area contributed by atoms with Crippen molar-refractivity contribution < 1.29 is 9.59 Å². The molecule has 1 heterocycles. The van der Waals surface area contributed by atoms with Crippen LogP contribution in [0.25, 0.3) is 0 Å². The first kappa shape index (κ1) is 18.1. The van der Waals surface area contributed by atoms with Gasteiger partial charge in [0.05, 0.1) is 6.54 Å². The van der Waals surface area contributed by atoms with Gasteiger partial charge in [-0.15, -0.1) is 0 Å². The van der Waals surface area contributed by atoms with E-state index in [-0.39, 0.29) is 18.2 Å². The molecular weight excluding hydrogens is 326 g/mol. The van der Waals surface area contributed by atoms with Crippen LogP contribution in [0.15, 0.2) is 54.6 Å². The minimum absolute atomic E-state index is 0.0227. The number of rotatable bonds is 6. The van der Waals surface area contributed by atoms with Crippen molar-refractivity contribution >= 4 is 17.4 Å². The SMILES string of the molecule is CC(=O)c1cccc(NCC(=O)N2CCN(Cc3ccccc3)CC2)c1. The van der Waals surface area contributed by atoms with E-state index in [0.717, 1.165) is 38.4 Å². The van der Waals surface area contributed by atoms with E-state index in [1.165, 1.54) is 5.56 Å². The van der Waals surface area contributed by atoms with Crippen LogP contribution in [0, 0.1) is 0 Å². The zero-order valence-electron chi connectivity index (χ0n) is 15.1. The Balaban J connectivity index is 1.45. The lowest BCUT2D eigenvalue weighted by Gasteiger charge is -2.34. The molecule has 0 bridgehead atoms. The molecule has 1 N–H and O–H groups in total. The smallest absolute Gasteiger partial charge is 0.241 e. The maximum atomic E-state index is 12.4. The molecule has 0 saturated carbocycles. The Morgan fingerprint density at radius 3 is 2.38 bits per heavy atom. The van der Waals surface area contributed by atoms with E-state index in [1.807, 2.05) is 23.1 Å². The van der Waals surface area contributed by atoms with Gasteiger partial charge in [0.15, 0.2) is 5.78 Å². The Hall–Kier alpha value is -2.66. The van der Waals surface area contributed by atoms with Crippen LogP contribution in [0.5, 0.6) is 0 Å². The van der Waals surface area contributed by atoms with Gasteiger partial charge in [-0.05, 0) is 24.6 Å². The van der Waals surface area contributed by atoms with Gasteiger partial charge in [-0.25, -0.2) is 0 Å². The summed E-state index contributed by atoms with van der Waals surface area (Å²) >= 11 is 0. The molecule has 1 aliphatic rings. The Morgan fingerprint density at radius 1 is 0.962 bits per heavy atom. The Labute approximate surface area is 154 Å². The first-order valence-corrected chi connectivity index (χ1v) is 9.01. The summed E-state index contributed by atoms with van der Waals surface area (Å²) in [6.45, 7) is 6.00. The molecule has 2 aromatic rings. The lowest BCUT2D eigenvalue weighted by molar-refractivity contribution is -0.131. The van der Waals surface area contributed by atoms with Gasteiger partial charge in [-0.1, -0.05) is 42.5 Å². The summed E-state index contributed by atoms with van der Waals surface area (Å²) in [6, 6.07) is 17.7. The minimum Gasteiger partial charge on any atom is -0.376 e. The summed E-state index contributed by atoms with van der Waals surface area (Å²) in [6.07, 6.45) is 0. The summed E-state index contributed by atoms with van der Waals surface area (Å²) in [4.78, 5) is 28.2. The lowest BCUT2D eigenvalue weighted by atomic mass is 10.1. The second-order valence-corrected chi connectivity index (χ2v) is 6.63. The molecule has 0 unspecified atom stereocenters. The standard InChI is InChI=1S/C21H25N3O2/c1-17(25)19-8-5-9-20(14-19)22-15-21(26)24-12-10-23(11-13-24)16-18-6-3-2-4-7-18/h2-9,14,22H,10-13,15-16H2,1H3. The van der Waals surface area contributed by atoms with Crippen molar-refractivity contribution in [3.8, 4) is 0 Å². The van der Waals surface area contributed by atoms with Gasteiger partial charge in [0, 0.05) is 44.0 Å². The predicted octanol–water partition coefficient (Wildman–Crippen LogP) is 2.65. The Kier molecular flexibility index (Phi) is 6.02. The van der Waals surface area contributed by atoms with Crippen molar-refractivity contribution in [2.75, 3.05) is 38.0 Å². The Bertz CT molecular complexity index is 753. The summed E-state index contributed by atoms with van der Waals surface area (Å²) in [5, 5.41) is 3.13. The van der Waals surface area contributed by atoms with Gasteiger partial charge in [-0.2, -0.15) is 0 Å². The van der Waals surface area contributed by atoms with Gasteiger partial charge < -0.3 is 10.2 Å². The fourth-order valence-corrected chi connectivity index (χ4v) is 3.13. The molecular formula is C21H25N3O2. The number of nitrogens with one attached hydrogen (secondary N) is 1. The van der Waals surface area contributed by atoms with Crippen LogP contribution in [0.4, 0.5) is 5.69 Å². The fourth-order valence-electron chi connectivity index (χ4n) is 3.13. The molecule has 1 saturated heterocycles. The maximum Gasteiger partial charge on any atom is 0.241 e. The number of hydrogen-bond acceptors (Lipinski definition) is 4. The highest BCUT2D eigenvalue weighted by atomic mass is 16.2. The molecule has 0 radical (unpaired) electrons. The minimum atomic E-state index is 0.0227. The second kappa shape index (κ2) is 8.63. The van der Waals surface area contributed by atoms with Crippen LogP contribution in [0.2, 0.25) is 0 Å². The molecule has 26 heavy (non-hydrogen) atoms. The summed E-state index contributed by atoms with van der Waals surface area (Å²) in [7, 11) is 0. The number of benzene rings is 2. The van der Waals surface area contributed by atoms with Crippen molar-refractivity contribution in [2.24, 2.45) is 0 Å². The molecule has 1 fully saturated rings. The zero-order chi connectivity index (χ0) is 18.4. The highest BCUT2D eigenvalue weighted by Gasteiger charge is 2.20. The maximum absolute atomic E-state index is 12.4. The molecule has 5 nitrogen and oxygen atoms in total. The fraction of sp³-hybridized carbons (Fsp3) is 0.333. The number of amides is 1. The van der Waals surface area contributed by atoms with E-state index in [9.17, 15) is 9.59 Å². The monoisotopic (exact) mass is 351 g/mol. The third-order valence-corrected chi connectivity index (χ3v) is 4.69. The average Bonchev–Trinajstić information content (AvgIpc) is 2.68. The summed E-state index contributed by atoms with van der Waals surface area (Å²) in [5.41, 5.74) is 2.75. The molecule has 0 spiro atoms. The van der Waals surface area contributed by atoms with Crippen LogP contribution < -0.4 is 5.32 Å².